The molecule has 3 rings (SSSR count). The second kappa shape index (κ2) is 6.14. The highest BCUT2D eigenvalue weighted by atomic mass is 79.9. The van der Waals surface area contributed by atoms with E-state index in [1.54, 1.807) is 10.9 Å². The molecule has 0 spiro atoms. The topological polar surface area (TPSA) is 55.2 Å². The quantitative estimate of drug-likeness (QED) is 0.807. The van der Waals surface area contributed by atoms with Gasteiger partial charge in [0.15, 0.2) is 0 Å². The number of ketones is 1. The molecule has 120 valence electrons. The normalized spacial score (nSPS) is 26.7. The van der Waals surface area contributed by atoms with E-state index in [1.165, 1.54) is 0 Å². The van der Waals surface area contributed by atoms with Crippen LogP contribution in [0.1, 0.15) is 50.8 Å². The number of fused-ring (bicyclic) bond motifs is 1. The van der Waals surface area contributed by atoms with Crippen molar-refractivity contribution < 1.29 is 9.59 Å². The molecule has 3 atom stereocenters. The molecule has 0 bridgehead atoms. The van der Waals surface area contributed by atoms with Crippen molar-refractivity contribution in [2.75, 3.05) is 6.54 Å². The number of halogens is 1. The molecule has 2 aliphatic rings. The average molecular weight is 368 g/mol. The van der Waals surface area contributed by atoms with Gasteiger partial charge in [0.1, 0.15) is 11.8 Å². The van der Waals surface area contributed by atoms with Crippen LogP contribution in [0.25, 0.3) is 0 Å². The third-order valence-electron chi connectivity index (χ3n) is 5.13. The van der Waals surface area contributed by atoms with Crippen LogP contribution in [0.2, 0.25) is 0 Å². The molecule has 1 saturated carbocycles. The van der Waals surface area contributed by atoms with Gasteiger partial charge >= 0.3 is 0 Å². The summed E-state index contributed by atoms with van der Waals surface area (Å²) in [5, 5.41) is 4.31. The van der Waals surface area contributed by atoms with Crippen LogP contribution < -0.4 is 0 Å². The third kappa shape index (κ3) is 2.62. The lowest BCUT2D eigenvalue weighted by molar-refractivity contribution is -0.145. The lowest BCUT2D eigenvalue weighted by atomic mass is 9.77. The Labute approximate surface area is 139 Å². The number of amides is 1. The third-order valence-corrected chi connectivity index (χ3v) is 5.91. The predicted octanol–water partition coefficient (Wildman–Crippen LogP) is 2.88. The van der Waals surface area contributed by atoms with Gasteiger partial charge in [-0.15, -0.1) is 0 Å². The van der Waals surface area contributed by atoms with Gasteiger partial charge in [0.25, 0.3) is 0 Å². The van der Waals surface area contributed by atoms with Crippen molar-refractivity contribution in [1.82, 2.24) is 14.7 Å². The second-order valence-corrected chi connectivity index (χ2v) is 7.26. The molecular formula is C16H22BrN3O2. The molecule has 1 saturated heterocycles. The van der Waals surface area contributed by atoms with E-state index in [-0.39, 0.29) is 23.9 Å². The minimum atomic E-state index is -0.331. The van der Waals surface area contributed by atoms with E-state index in [1.807, 2.05) is 18.7 Å². The summed E-state index contributed by atoms with van der Waals surface area (Å²) in [6.07, 6.45) is 6.34. The average Bonchev–Trinajstić information content (AvgIpc) is 2.86. The number of rotatable bonds is 2. The molecule has 0 radical (unpaired) electrons. The second-order valence-electron chi connectivity index (χ2n) is 6.40. The number of hydrogen-bond donors (Lipinski definition) is 0. The molecule has 0 unspecified atom stereocenters. The fraction of sp³-hybridized carbons (Fsp3) is 0.688. The van der Waals surface area contributed by atoms with E-state index in [0.717, 1.165) is 35.8 Å². The number of carbonyl (C=O) groups excluding carboxylic acids is 2. The lowest BCUT2D eigenvalue weighted by Crippen LogP contribution is -2.54. The maximum absolute atomic E-state index is 13.0. The molecule has 1 aliphatic heterocycles. The SMILES string of the molecule is Cc1c(Br)cnn1[C@@H](C)C(=O)N1CCC(=O)[C@H]2CCCC[C@@H]21. The van der Waals surface area contributed by atoms with Crippen LogP contribution in [0.5, 0.6) is 0 Å². The molecule has 1 aromatic rings. The van der Waals surface area contributed by atoms with Gasteiger partial charge in [-0.3, -0.25) is 14.3 Å². The van der Waals surface area contributed by atoms with E-state index >= 15 is 0 Å². The molecule has 0 aromatic carbocycles. The minimum absolute atomic E-state index is 0.0594. The van der Waals surface area contributed by atoms with Crippen molar-refractivity contribution >= 4 is 27.6 Å². The van der Waals surface area contributed by atoms with Gasteiger partial charge in [-0.05, 0) is 42.6 Å². The van der Waals surface area contributed by atoms with Crippen LogP contribution in [0.4, 0.5) is 0 Å². The van der Waals surface area contributed by atoms with Crippen LogP contribution in [0, 0.1) is 12.8 Å². The Kier molecular flexibility index (Phi) is 4.39. The van der Waals surface area contributed by atoms with Gasteiger partial charge in [0, 0.05) is 24.9 Å². The Morgan fingerprint density at radius 3 is 2.82 bits per heavy atom. The number of aromatic nitrogens is 2. The van der Waals surface area contributed by atoms with E-state index in [2.05, 4.69) is 21.0 Å². The molecule has 5 nitrogen and oxygen atoms in total. The molecule has 2 fully saturated rings. The van der Waals surface area contributed by atoms with Gasteiger partial charge in [-0.25, -0.2) is 0 Å². The van der Waals surface area contributed by atoms with Gasteiger partial charge in [-0.1, -0.05) is 12.8 Å². The Hall–Kier alpha value is -1.17. The molecule has 0 N–H and O–H groups in total. The molecular weight excluding hydrogens is 346 g/mol. The number of piperidine rings is 1. The highest BCUT2D eigenvalue weighted by molar-refractivity contribution is 9.10. The first-order valence-corrected chi connectivity index (χ1v) is 8.83. The summed E-state index contributed by atoms with van der Waals surface area (Å²) >= 11 is 3.44. The van der Waals surface area contributed by atoms with Crippen LogP contribution in [0.15, 0.2) is 10.7 Å². The molecule has 1 aromatic heterocycles. The monoisotopic (exact) mass is 367 g/mol. The van der Waals surface area contributed by atoms with Crippen LogP contribution in [-0.4, -0.2) is 39.0 Å². The molecule has 1 aliphatic carbocycles. The molecule has 1 amide bonds. The minimum Gasteiger partial charge on any atom is -0.337 e. The van der Waals surface area contributed by atoms with Crippen molar-refractivity contribution in [2.24, 2.45) is 5.92 Å². The van der Waals surface area contributed by atoms with Crippen LogP contribution >= 0.6 is 15.9 Å². The van der Waals surface area contributed by atoms with E-state index in [0.29, 0.717) is 18.7 Å². The summed E-state index contributed by atoms with van der Waals surface area (Å²) in [7, 11) is 0. The molecule has 22 heavy (non-hydrogen) atoms. The number of carbonyl (C=O) groups is 2. The summed E-state index contributed by atoms with van der Waals surface area (Å²) in [5.41, 5.74) is 0.953. The van der Waals surface area contributed by atoms with Gasteiger partial charge in [-0.2, -0.15) is 5.10 Å². The summed E-state index contributed by atoms with van der Waals surface area (Å²) in [4.78, 5) is 27.0. The standard InChI is InChI=1S/C16H22BrN3O2/c1-10-13(17)9-18-20(10)11(2)16(22)19-8-7-15(21)12-5-3-4-6-14(12)19/h9,11-12,14H,3-8H2,1-2H3/t11-,12-,14-/m0/s1. The zero-order valence-electron chi connectivity index (χ0n) is 13.1. The van der Waals surface area contributed by atoms with Crippen molar-refractivity contribution in [1.29, 1.82) is 0 Å². The predicted molar refractivity (Wildman–Crippen MR) is 86.5 cm³/mol. The first-order valence-electron chi connectivity index (χ1n) is 8.03. The first kappa shape index (κ1) is 15.7. The fourth-order valence-corrected chi connectivity index (χ4v) is 4.13. The smallest absolute Gasteiger partial charge is 0.247 e. The van der Waals surface area contributed by atoms with E-state index < -0.39 is 0 Å². The summed E-state index contributed by atoms with van der Waals surface area (Å²) in [5.74, 6) is 0.492. The number of hydrogen-bond acceptors (Lipinski definition) is 3. The van der Waals surface area contributed by atoms with Crippen molar-refractivity contribution in [3.63, 3.8) is 0 Å². The Balaban J connectivity index is 1.81. The molecule has 2 heterocycles. The Morgan fingerprint density at radius 2 is 2.14 bits per heavy atom. The fourth-order valence-electron chi connectivity index (χ4n) is 3.85. The van der Waals surface area contributed by atoms with Gasteiger partial charge in [0.05, 0.1) is 16.4 Å². The summed E-state index contributed by atoms with van der Waals surface area (Å²) < 4.78 is 2.68. The van der Waals surface area contributed by atoms with Crippen LogP contribution in [-0.2, 0) is 9.59 Å². The highest BCUT2D eigenvalue weighted by Crippen LogP contribution is 2.34. The number of likely N-dealkylation sites (tertiary alicyclic amines) is 1. The largest absolute Gasteiger partial charge is 0.337 e. The van der Waals surface area contributed by atoms with Crippen LogP contribution in [0.3, 0.4) is 0 Å². The Morgan fingerprint density at radius 1 is 1.41 bits per heavy atom. The summed E-state index contributed by atoms with van der Waals surface area (Å²) in [6.45, 7) is 4.40. The number of Topliss-reactive ketones (excluding diaryl/α,β-unsaturated/α-hetero) is 1. The van der Waals surface area contributed by atoms with E-state index in [9.17, 15) is 9.59 Å². The first-order chi connectivity index (χ1) is 10.5. The highest BCUT2D eigenvalue weighted by Gasteiger charge is 2.41. The summed E-state index contributed by atoms with van der Waals surface area (Å²) in [6, 6.07) is -0.230. The van der Waals surface area contributed by atoms with Crippen molar-refractivity contribution in [3.8, 4) is 0 Å². The zero-order chi connectivity index (χ0) is 15.9. The van der Waals surface area contributed by atoms with E-state index in [4.69, 9.17) is 0 Å². The molecule has 6 heteroatoms. The number of nitrogens with zero attached hydrogens (tertiary/aromatic N) is 3. The van der Waals surface area contributed by atoms with Crippen molar-refractivity contribution in [2.45, 2.75) is 58.0 Å². The van der Waals surface area contributed by atoms with Gasteiger partial charge < -0.3 is 4.90 Å². The maximum Gasteiger partial charge on any atom is 0.247 e. The van der Waals surface area contributed by atoms with Crippen molar-refractivity contribution in [3.05, 3.63) is 16.4 Å². The lowest BCUT2D eigenvalue weighted by Gasteiger charge is -2.44. The Bertz CT molecular complexity index is 598. The maximum atomic E-state index is 13.0. The van der Waals surface area contributed by atoms with Gasteiger partial charge in [0.2, 0.25) is 5.91 Å². The zero-order valence-corrected chi connectivity index (χ0v) is 14.7.